The van der Waals surface area contributed by atoms with Crippen LogP contribution >= 0.6 is 0 Å². The number of hydrogen-bond acceptors (Lipinski definition) is 4. The average Bonchev–Trinajstić information content (AvgIpc) is 2.95. The molecule has 2 aromatic carbocycles. The first-order valence-corrected chi connectivity index (χ1v) is 11.4. The van der Waals surface area contributed by atoms with Crippen LogP contribution in [0.1, 0.15) is 37.8 Å². The summed E-state index contributed by atoms with van der Waals surface area (Å²) in [5, 5.41) is 2.95. The van der Waals surface area contributed by atoms with Gasteiger partial charge in [0.25, 0.3) is 10.0 Å². The molecule has 2 N–H and O–H groups in total. The quantitative estimate of drug-likeness (QED) is 0.653. The topological polar surface area (TPSA) is 87.6 Å². The van der Waals surface area contributed by atoms with Crippen molar-refractivity contribution in [3.63, 3.8) is 0 Å². The molecule has 1 amide bonds. The van der Waals surface area contributed by atoms with Gasteiger partial charge in [-0.05, 0) is 42.9 Å². The number of carbonyl (C=O) groups is 1. The van der Waals surface area contributed by atoms with Gasteiger partial charge < -0.3 is 5.32 Å². The average molecular weight is 414 g/mol. The molecule has 0 fully saturated rings. The number of aliphatic imine (C=N–C) groups is 1. The first kappa shape index (κ1) is 21.0. The highest BCUT2D eigenvalue weighted by atomic mass is 32.2. The van der Waals surface area contributed by atoms with E-state index in [2.05, 4.69) is 27.2 Å². The summed E-state index contributed by atoms with van der Waals surface area (Å²) in [6.45, 7) is 4.58. The number of amides is 1. The van der Waals surface area contributed by atoms with Crippen molar-refractivity contribution in [1.29, 1.82) is 0 Å². The summed E-state index contributed by atoms with van der Waals surface area (Å²) in [5.74, 6) is 0.307. The maximum Gasteiger partial charge on any atom is 0.263 e. The van der Waals surface area contributed by atoms with Gasteiger partial charge in [0, 0.05) is 12.1 Å². The highest BCUT2D eigenvalue weighted by molar-refractivity contribution is 7.90. The molecule has 0 spiro atoms. The number of benzene rings is 2. The van der Waals surface area contributed by atoms with Crippen molar-refractivity contribution in [3.05, 3.63) is 65.7 Å². The molecule has 0 radical (unpaired) electrons. The lowest BCUT2D eigenvalue weighted by molar-refractivity contribution is -0.122. The fraction of sp³-hybridized carbons (Fsp3) is 0.364. The number of carbonyl (C=O) groups excluding carboxylic acids is 1. The summed E-state index contributed by atoms with van der Waals surface area (Å²) < 4.78 is 27.1. The van der Waals surface area contributed by atoms with Gasteiger partial charge in [-0.2, -0.15) is 0 Å². The Labute approximate surface area is 172 Å². The van der Waals surface area contributed by atoms with Gasteiger partial charge >= 0.3 is 0 Å². The van der Waals surface area contributed by atoms with Crippen LogP contribution in [0.2, 0.25) is 0 Å². The number of nitrogens with zero attached hydrogens (tertiary/aromatic N) is 1. The van der Waals surface area contributed by atoms with E-state index in [1.807, 2.05) is 32.0 Å². The lowest BCUT2D eigenvalue weighted by atomic mass is 10.0. The summed E-state index contributed by atoms with van der Waals surface area (Å²) in [6, 6.07) is 16.2. The van der Waals surface area contributed by atoms with E-state index in [9.17, 15) is 13.2 Å². The molecule has 0 bridgehead atoms. The van der Waals surface area contributed by atoms with E-state index in [4.69, 9.17) is 0 Å². The molecule has 0 aromatic heterocycles. The second-order valence-corrected chi connectivity index (χ2v) is 9.26. The van der Waals surface area contributed by atoms with Gasteiger partial charge in [0.05, 0.1) is 4.90 Å². The minimum Gasteiger partial charge on any atom is -0.354 e. The summed E-state index contributed by atoms with van der Waals surface area (Å²) in [4.78, 5) is 17.5. The molecular formula is C22H27N3O3S. The van der Waals surface area contributed by atoms with Crippen LogP contribution in [0, 0.1) is 5.92 Å². The number of aryl methyl sites for hydroxylation is 1. The zero-order chi connectivity index (χ0) is 20.9. The Morgan fingerprint density at radius 2 is 1.76 bits per heavy atom. The smallest absolute Gasteiger partial charge is 0.263 e. The molecule has 2 aromatic rings. The van der Waals surface area contributed by atoms with Gasteiger partial charge in [-0.15, -0.1) is 0 Å². The Kier molecular flexibility index (Phi) is 6.69. The number of nitrogens with one attached hydrogen (secondary N) is 2. The van der Waals surface area contributed by atoms with Crippen molar-refractivity contribution in [3.8, 4) is 0 Å². The fourth-order valence-electron chi connectivity index (χ4n) is 3.32. The van der Waals surface area contributed by atoms with Crippen molar-refractivity contribution in [2.24, 2.45) is 10.9 Å². The van der Waals surface area contributed by atoms with Gasteiger partial charge in [-0.25, -0.2) is 8.42 Å². The van der Waals surface area contributed by atoms with Crippen molar-refractivity contribution >= 4 is 21.8 Å². The number of amidine groups is 1. The lowest BCUT2D eigenvalue weighted by Crippen LogP contribution is -2.37. The maximum absolute atomic E-state index is 12.8. The van der Waals surface area contributed by atoms with Gasteiger partial charge in [-0.1, -0.05) is 56.3 Å². The normalized spacial score (nSPS) is 17.0. The van der Waals surface area contributed by atoms with Crippen LogP contribution in [-0.4, -0.2) is 32.7 Å². The monoisotopic (exact) mass is 413 g/mol. The SMILES string of the molecule is CC(C)CC(N=C1NS(=O)(=O)c2ccccc21)C(=O)NCCCc1ccccc1. The standard InChI is InChI=1S/C22H27N3O3S/c1-16(2)15-19(22(26)23-14-8-11-17-9-4-3-5-10-17)24-21-18-12-6-7-13-20(18)29(27,28)25-21/h3-7,9-10,12-13,16,19H,8,11,14-15H2,1-2H3,(H,23,26)(H,24,25). The van der Waals surface area contributed by atoms with Crippen molar-refractivity contribution in [1.82, 2.24) is 10.0 Å². The van der Waals surface area contributed by atoms with Crippen molar-refractivity contribution in [2.75, 3.05) is 6.54 Å². The number of rotatable bonds is 8. The molecule has 7 heteroatoms. The highest BCUT2D eigenvalue weighted by Crippen LogP contribution is 2.23. The molecule has 3 rings (SSSR count). The molecule has 0 saturated heterocycles. The second-order valence-electron chi connectivity index (χ2n) is 7.60. The third-order valence-corrected chi connectivity index (χ3v) is 6.13. The minimum absolute atomic E-state index is 0.178. The van der Waals surface area contributed by atoms with E-state index in [0.717, 1.165) is 12.8 Å². The molecule has 0 saturated carbocycles. The van der Waals surface area contributed by atoms with E-state index in [0.29, 0.717) is 18.5 Å². The Hall–Kier alpha value is -2.67. The molecule has 29 heavy (non-hydrogen) atoms. The molecule has 1 aliphatic rings. The first-order chi connectivity index (χ1) is 13.9. The van der Waals surface area contributed by atoms with Gasteiger partial charge in [0.2, 0.25) is 5.91 Å². The zero-order valence-electron chi connectivity index (χ0n) is 16.8. The van der Waals surface area contributed by atoms with Crippen LogP contribution in [0.4, 0.5) is 0 Å². The minimum atomic E-state index is -3.62. The van der Waals surface area contributed by atoms with Gasteiger partial charge in [-0.3, -0.25) is 14.5 Å². The van der Waals surface area contributed by atoms with E-state index in [1.54, 1.807) is 24.3 Å². The third-order valence-electron chi connectivity index (χ3n) is 4.73. The molecule has 1 atom stereocenters. The largest absolute Gasteiger partial charge is 0.354 e. The van der Waals surface area contributed by atoms with Crippen LogP contribution in [0.3, 0.4) is 0 Å². The van der Waals surface area contributed by atoms with E-state index < -0.39 is 16.1 Å². The van der Waals surface area contributed by atoms with Crippen LogP contribution in [0.15, 0.2) is 64.5 Å². The number of sulfonamides is 1. The highest BCUT2D eigenvalue weighted by Gasteiger charge is 2.32. The van der Waals surface area contributed by atoms with Crippen molar-refractivity contribution < 1.29 is 13.2 Å². The predicted molar refractivity (Wildman–Crippen MR) is 114 cm³/mol. The molecule has 1 heterocycles. The third kappa shape index (κ3) is 5.44. The Balaban J connectivity index is 1.68. The molecule has 6 nitrogen and oxygen atoms in total. The Bertz CT molecular complexity index is 985. The first-order valence-electron chi connectivity index (χ1n) is 9.88. The Morgan fingerprint density at radius 1 is 1.07 bits per heavy atom. The molecule has 1 unspecified atom stereocenters. The second kappa shape index (κ2) is 9.22. The molecule has 1 aliphatic heterocycles. The summed E-state index contributed by atoms with van der Waals surface area (Å²) >= 11 is 0. The maximum atomic E-state index is 12.8. The summed E-state index contributed by atoms with van der Waals surface area (Å²) in [5.41, 5.74) is 1.75. The van der Waals surface area contributed by atoms with Crippen LogP contribution < -0.4 is 10.0 Å². The van der Waals surface area contributed by atoms with Gasteiger partial charge in [0.15, 0.2) is 0 Å². The van der Waals surface area contributed by atoms with E-state index in [-0.39, 0.29) is 22.6 Å². The van der Waals surface area contributed by atoms with Gasteiger partial charge in [0.1, 0.15) is 11.9 Å². The van der Waals surface area contributed by atoms with Crippen LogP contribution in [0.5, 0.6) is 0 Å². The molecule has 0 aliphatic carbocycles. The fourth-order valence-corrected chi connectivity index (χ4v) is 4.56. The number of fused-ring (bicyclic) bond motifs is 1. The predicted octanol–water partition coefficient (Wildman–Crippen LogP) is 2.89. The lowest BCUT2D eigenvalue weighted by Gasteiger charge is -2.16. The van der Waals surface area contributed by atoms with E-state index in [1.165, 1.54) is 5.56 Å². The van der Waals surface area contributed by atoms with Crippen LogP contribution in [0.25, 0.3) is 0 Å². The van der Waals surface area contributed by atoms with Crippen LogP contribution in [-0.2, 0) is 21.2 Å². The van der Waals surface area contributed by atoms with E-state index >= 15 is 0 Å². The zero-order valence-corrected chi connectivity index (χ0v) is 17.6. The molecular weight excluding hydrogens is 386 g/mol. The van der Waals surface area contributed by atoms with Crippen molar-refractivity contribution in [2.45, 2.75) is 44.0 Å². The summed E-state index contributed by atoms with van der Waals surface area (Å²) in [6.07, 6.45) is 2.26. The summed E-state index contributed by atoms with van der Waals surface area (Å²) in [7, 11) is -3.62. The Morgan fingerprint density at radius 3 is 2.48 bits per heavy atom. The number of hydrogen-bond donors (Lipinski definition) is 2. The molecule has 154 valence electrons.